The molecule has 1 saturated heterocycles. The molecule has 1 aliphatic rings. The van der Waals surface area contributed by atoms with Crippen LogP contribution >= 0.6 is 0 Å². The smallest absolute Gasteiger partial charge is 0.243 e. The summed E-state index contributed by atoms with van der Waals surface area (Å²) in [5.74, 6) is -0.332. The number of hydrogen-bond donors (Lipinski definition) is 2. The Morgan fingerprint density at radius 2 is 1.55 bits per heavy atom. The van der Waals surface area contributed by atoms with Gasteiger partial charge in [0, 0.05) is 37.6 Å². The maximum absolute atomic E-state index is 12.2. The van der Waals surface area contributed by atoms with E-state index in [9.17, 15) is 9.59 Å². The number of nitrogens with zero attached hydrogens (tertiary/aromatic N) is 2. The lowest BCUT2D eigenvalue weighted by Crippen LogP contribution is -2.50. The van der Waals surface area contributed by atoms with E-state index in [2.05, 4.69) is 51.6 Å². The summed E-state index contributed by atoms with van der Waals surface area (Å²) >= 11 is 0. The summed E-state index contributed by atoms with van der Waals surface area (Å²) in [6, 6.07) is 14.2. The highest BCUT2D eigenvalue weighted by Gasteiger charge is 2.20. The standard InChI is InChI=1S/C23H30N4O2/c1-17-8-6-9-20(19(17)3)25-22(28)15-24-23(29)16-26-11-13-27(14-12-26)21-10-5-4-7-18(21)2/h4-10H,11-16H2,1-3H3,(H,24,29)(H,25,28). The van der Waals surface area contributed by atoms with Crippen molar-refractivity contribution in [3.05, 3.63) is 59.2 Å². The van der Waals surface area contributed by atoms with Crippen molar-refractivity contribution in [1.29, 1.82) is 0 Å². The highest BCUT2D eigenvalue weighted by atomic mass is 16.2. The Balaban J connectivity index is 1.41. The zero-order valence-corrected chi connectivity index (χ0v) is 17.5. The maximum Gasteiger partial charge on any atom is 0.243 e. The number of carbonyl (C=O) groups excluding carboxylic acids is 2. The van der Waals surface area contributed by atoms with E-state index in [1.807, 2.05) is 32.0 Å². The maximum atomic E-state index is 12.2. The normalized spacial score (nSPS) is 14.5. The molecule has 0 aromatic heterocycles. The Bertz CT molecular complexity index is 873. The molecule has 0 radical (unpaired) electrons. The van der Waals surface area contributed by atoms with E-state index in [1.54, 1.807) is 0 Å². The Hall–Kier alpha value is -2.86. The first kappa shape index (κ1) is 20.9. The summed E-state index contributed by atoms with van der Waals surface area (Å²) in [6.07, 6.45) is 0. The molecule has 3 rings (SSSR count). The molecule has 0 atom stereocenters. The van der Waals surface area contributed by atoms with Crippen LogP contribution in [-0.4, -0.2) is 56.0 Å². The van der Waals surface area contributed by atoms with Gasteiger partial charge in [-0.1, -0.05) is 30.3 Å². The van der Waals surface area contributed by atoms with E-state index in [-0.39, 0.29) is 18.4 Å². The van der Waals surface area contributed by atoms with Gasteiger partial charge in [0.25, 0.3) is 0 Å². The molecular formula is C23H30N4O2. The molecule has 0 aliphatic carbocycles. The molecule has 1 aliphatic heterocycles. The Morgan fingerprint density at radius 3 is 2.28 bits per heavy atom. The number of para-hydroxylation sites is 1. The summed E-state index contributed by atoms with van der Waals surface area (Å²) in [4.78, 5) is 28.9. The van der Waals surface area contributed by atoms with Gasteiger partial charge < -0.3 is 15.5 Å². The van der Waals surface area contributed by atoms with Gasteiger partial charge in [0.15, 0.2) is 0 Å². The number of rotatable bonds is 6. The molecule has 6 nitrogen and oxygen atoms in total. The number of benzene rings is 2. The predicted octanol–water partition coefficient (Wildman–Crippen LogP) is 2.49. The van der Waals surface area contributed by atoms with E-state index >= 15 is 0 Å². The highest BCUT2D eigenvalue weighted by Crippen LogP contribution is 2.20. The topological polar surface area (TPSA) is 64.7 Å². The SMILES string of the molecule is Cc1ccccc1N1CCN(CC(=O)NCC(=O)Nc2cccc(C)c2C)CC1. The van der Waals surface area contributed by atoms with Crippen molar-refractivity contribution in [3.63, 3.8) is 0 Å². The van der Waals surface area contributed by atoms with Crippen molar-refractivity contribution in [2.24, 2.45) is 0 Å². The minimum absolute atomic E-state index is 0.0185. The van der Waals surface area contributed by atoms with Crippen molar-refractivity contribution >= 4 is 23.2 Å². The van der Waals surface area contributed by atoms with Crippen LogP contribution in [0.25, 0.3) is 0 Å². The van der Waals surface area contributed by atoms with E-state index in [0.29, 0.717) is 6.54 Å². The fraction of sp³-hybridized carbons (Fsp3) is 0.391. The van der Waals surface area contributed by atoms with Gasteiger partial charge >= 0.3 is 0 Å². The molecule has 2 N–H and O–H groups in total. The van der Waals surface area contributed by atoms with Crippen LogP contribution in [-0.2, 0) is 9.59 Å². The van der Waals surface area contributed by atoms with Gasteiger partial charge in [0.05, 0.1) is 13.1 Å². The van der Waals surface area contributed by atoms with Crippen LogP contribution in [0.3, 0.4) is 0 Å². The van der Waals surface area contributed by atoms with Crippen LogP contribution in [0.4, 0.5) is 11.4 Å². The summed E-state index contributed by atoms with van der Waals surface area (Å²) < 4.78 is 0. The van der Waals surface area contributed by atoms with Crippen LogP contribution in [0.15, 0.2) is 42.5 Å². The number of nitrogens with one attached hydrogen (secondary N) is 2. The van der Waals surface area contributed by atoms with Gasteiger partial charge in [0.1, 0.15) is 0 Å². The second kappa shape index (κ2) is 9.56. The predicted molar refractivity (Wildman–Crippen MR) is 117 cm³/mol. The van der Waals surface area contributed by atoms with E-state index < -0.39 is 0 Å². The number of hydrogen-bond acceptors (Lipinski definition) is 4. The largest absolute Gasteiger partial charge is 0.369 e. The minimum atomic E-state index is -0.212. The van der Waals surface area contributed by atoms with Gasteiger partial charge in [0.2, 0.25) is 11.8 Å². The van der Waals surface area contributed by atoms with Gasteiger partial charge in [-0.15, -0.1) is 0 Å². The quantitative estimate of drug-likeness (QED) is 0.790. The summed E-state index contributed by atoms with van der Waals surface area (Å²) in [7, 11) is 0. The molecule has 0 saturated carbocycles. The third kappa shape index (κ3) is 5.57. The molecule has 2 amide bonds. The van der Waals surface area contributed by atoms with Gasteiger partial charge in [-0.05, 0) is 49.6 Å². The average Bonchev–Trinajstić information content (AvgIpc) is 2.71. The number of anilines is 2. The monoisotopic (exact) mass is 394 g/mol. The summed E-state index contributed by atoms with van der Waals surface area (Å²) in [5, 5.41) is 5.60. The Labute approximate surface area is 172 Å². The first-order valence-electron chi connectivity index (χ1n) is 10.1. The molecule has 1 fully saturated rings. The first-order valence-corrected chi connectivity index (χ1v) is 10.1. The van der Waals surface area contributed by atoms with Crippen LogP contribution in [0.2, 0.25) is 0 Å². The third-order valence-corrected chi connectivity index (χ3v) is 5.52. The molecule has 0 unspecified atom stereocenters. The molecule has 6 heteroatoms. The number of piperazine rings is 1. The van der Waals surface area contributed by atoms with Crippen LogP contribution in [0, 0.1) is 20.8 Å². The van der Waals surface area contributed by atoms with E-state index in [1.165, 1.54) is 11.3 Å². The second-order valence-corrected chi connectivity index (χ2v) is 7.62. The fourth-order valence-corrected chi connectivity index (χ4v) is 3.58. The van der Waals surface area contributed by atoms with E-state index in [4.69, 9.17) is 0 Å². The second-order valence-electron chi connectivity index (χ2n) is 7.62. The fourth-order valence-electron chi connectivity index (χ4n) is 3.58. The molecule has 2 aromatic carbocycles. The lowest BCUT2D eigenvalue weighted by atomic mass is 10.1. The summed E-state index contributed by atoms with van der Waals surface area (Å²) in [6.45, 7) is 9.85. The molecular weight excluding hydrogens is 364 g/mol. The molecule has 0 bridgehead atoms. The minimum Gasteiger partial charge on any atom is -0.369 e. The average molecular weight is 395 g/mol. The van der Waals surface area contributed by atoms with Crippen molar-refractivity contribution in [2.45, 2.75) is 20.8 Å². The van der Waals surface area contributed by atoms with Crippen molar-refractivity contribution in [2.75, 3.05) is 49.5 Å². The lowest BCUT2D eigenvalue weighted by Gasteiger charge is -2.36. The van der Waals surface area contributed by atoms with Gasteiger partial charge in [-0.25, -0.2) is 0 Å². The Morgan fingerprint density at radius 1 is 0.862 bits per heavy atom. The van der Waals surface area contributed by atoms with Crippen LogP contribution in [0.1, 0.15) is 16.7 Å². The zero-order chi connectivity index (χ0) is 20.8. The van der Waals surface area contributed by atoms with Crippen LogP contribution < -0.4 is 15.5 Å². The molecule has 1 heterocycles. The third-order valence-electron chi connectivity index (χ3n) is 5.52. The number of aryl methyl sites for hydroxylation is 2. The molecule has 0 spiro atoms. The zero-order valence-electron chi connectivity index (χ0n) is 17.5. The highest BCUT2D eigenvalue weighted by molar-refractivity contribution is 5.95. The van der Waals surface area contributed by atoms with E-state index in [0.717, 1.165) is 43.0 Å². The van der Waals surface area contributed by atoms with Crippen LogP contribution in [0.5, 0.6) is 0 Å². The molecule has 2 aromatic rings. The molecule has 154 valence electrons. The lowest BCUT2D eigenvalue weighted by molar-refractivity contribution is -0.125. The van der Waals surface area contributed by atoms with Crippen molar-refractivity contribution in [1.82, 2.24) is 10.2 Å². The van der Waals surface area contributed by atoms with Crippen molar-refractivity contribution < 1.29 is 9.59 Å². The first-order chi connectivity index (χ1) is 13.9. The Kier molecular flexibility index (Phi) is 6.88. The number of amides is 2. The summed E-state index contributed by atoms with van der Waals surface area (Å²) in [5.41, 5.74) is 5.49. The van der Waals surface area contributed by atoms with Crippen molar-refractivity contribution in [3.8, 4) is 0 Å². The molecule has 29 heavy (non-hydrogen) atoms. The number of carbonyl (C=O) groups is 2. The van der Waals surface area contributed by atoms with Gasteiger partial charge in [-0.3, -0.25) is 14.5 Å². The van der Waals surface area contributed by atoms with Gasteiger partial charge in [-0.2, -0.15) is 0 Å².